The molecule has 3 atom stereocenters. The number of fused-ring (bicyclic) bond motifs is 1. The first-order valence-electron chi connectivity index (χ1n) is 6.95. The van der Waals surface area contributed by atoms with Gasteiger partial charge in [-0.1, -0.05) is 31.0 Å². The zero-order chi connectivity index (χ0) is 12.4. The van der Waals surface area contributed by atoms with Crippen molar-refractivity contribution in [1.82, 2.24) is 5.32 Å². The van der Waals surface area contributed by atoms with Crippen LogP contribution in [0.1, 0.15) is 31.2 Å². The Labute approximate surface area is 119 Å². The third-order valence-corrected chi connectivity index (χ3v) is 5.84. The van der Waals surface area contributed by atoms with E-state index in [9.17, 15) is 0 Å². The van der Waals surface area contributed by atoms with E-state index in [1.54, 1.807) is 0 Å². The van der Waals surface area contributed by atoms with E-state index in [4.69, 9.17) is 11.6 Å². The van der Waals surface area contributed by atoms with Crippen LogP contribution in [0.15, 0.2) is 29.2 Å². The fourth-order valence-corrected chi connectivity index (χ4v) is 4.60. The molecule has 1 aliphatic heterocycles. The summed E-state index contributed by atoms with van der Waals surface area (Å²) in [5.41, 5.74) is 1.51. The van der Waals surface area contributed by atoms with Crippen LogP contribution in [0.5, 0.6) is 0 Å². The molecule has 1 saturated carbocycles. The first-order valence-corrected chi connectivity index (χ1v) is 8.26. The van der Waals surface area contributed by atoms with E-state index in [1.165, 1.54) is 42.6 Å². The standard InChI is InChI=1S/C15H20ClNS/c16-13-6-2-3-7-14(13)17-10-12-9-11-5-1-4-8-15(11)18-12/h1,4-5,8,12-14,17H,2-3,6-7,9-10H2. The van der Waals surface area contributed by atoms with Gasteiger partial charge in [0.2, 0.25) is 0 Å². The third kappa shape index (κ3) is 2.87. The van der Waals surface area contributed by atoms with Crippen molar-refractivity contribution in [1.29, 1.82) is 0 Å². The van der Waals surface area contributed by atoms with Crippen LogP contribution in [0.3, 0.4) is 0 Å². The van der Waals surface area contributed by atoms with Crippen molar-refractivity contribution in [2.24, 2.45) is 0 Å². The van der Waals surface area contributed by atoms with Crippen LogP contribution >= 0.6 is 23.4 Å². The van der Waals surface area contributed by atoms with E-state index in [1.807, 2.05) is 11.8 Å². The Morgan fingerprint density at radius 3 is 2.89 bits per heavy atom. The average Bonchev–Trinajstić information content (AvgIpc) is 2.80. The average molecular weight is 282 g/mol. The maximum Gasteiger partial charge on any atom is 0.0489 e. The Morgan fingerprint density at radius 2 is 2.06 bits per heavy atom. The van der Waals surface area contributed by atoms with E-state index in [0.29, 0.717) is 16.7 Å². The highest BCUT2D eigenvalue weighted by molar-refractivity contribution is 8.00. The number of hydrogen-bond donors (Lipinski definition) is 1. The molecule has 0 saturated heterocycles. The van der Waals surface area contributed by atoms with Gasteiger partial charge in [0.05, 0.1) is 0 Å². The third-order valence-electron chi connectivity index (χ3n) is 4.00. The summed E-state index contributed by atoms with van der Waals surface area (Å²) < 4.78 is 0. The van der Waals surface area contributed by atoms with Gasteiger partial charge >= 0.3 is 0 Å². The molecule has 98 valence electrons. The maximum absolute atomic E-state index is 6.39. The van der Waals surface area contributed by atoms with Gasteiger partial charge in [-0.05, 0) is 30.9 Å². The molecule has 18 heavy (non-hydrogen) atoms. The molecule has 3 rings (SSSR count). The summed E-state index contributed by atoms with van der Waals surface area (Å²) in [6.45, 7) is 1.09. The van der Waals surface area contributed by atoms with Gasteiger partial charge < -0.3 is 5.32 Å². The first-order chi connectivity index (χ1) is 8.83. The molecule has 1 fully saturated rings. The normalized spacial score (nSPS) is 31.3. The summed E-state index contributed by atoms with van der Waals surface area (Å²) in [4.78, 5) is 1.47. The molecule has 0 amide bonds. The lowest BCUT2D eigenvalue weighted by atomic mass is 9.95. The first kappa shape index (κ1) is 12.8. The van der Waals surface area contributed by atoms with Crippen molar-refractivity contribution in [2.45, 2.75) is 53.7 Å². The lowest BCUT2D eigenvalue weighted by molar-refractivity contribution is 0.380. The molecule has 3 heteroatoms. The minimum Gasteiger partial charge on any atom is -0.311 e. The highest BCUT2D eigenvalue weighted by Gasteiger charge is 2.26. The fourth-order valence-electron chi connectivity index (χ4n) is 2.97. The predicted molar refractivity (Wildman–Crippen MR) is 79.7 cm³/mol. The summed E-state index contributed by atoms with van der Waals surface area (Å²) in [5.74, 6) is 0. The van der Waals surface area contributed by atoms with Crippen molar-refractivity contribution in [3.8, 4) is 0 Å². The van der Waals surface area contributed by atoms with Gasteiger partial charge in [0.25, 0.3) is 0 Å². The minimum atomic E-state index is 0.340. The predicted octanol–water partition coefficient (Wildman–Crippen LogP) is 3.84. The number of thioether (sulfide) groups is 1. The molecular weight excluding hydrogens is 262 g/mol. The number of alkyl halides is 1. The molecule has 1 nitrogen and oxygen atoms in total. The molecule has 0 radical (unpaired) electrons. The molecular formula is C15H20ClNS. The summed E-state index contributed by atoms with van der Waals surface area (Å²) in [7, 11) is 0. The van der Waals surface area contributed by atoms with E-state index in [2.05, 4.69) is 29.6 Å². The largest absolute Gasteiger partial charge is 0.311 e. The molecule has 0 spiro atoms. The Morgan fingerprint density at radius 1 is 1.22 bits per heavy atom. The van der Waals surface area contributed by atoms with Crippen LogP contribution in [-0.2, 0) is 6.42 Å². The van der Waals surface area contributed by atoms with Gasteiger partial charge in [0, 0.05) is 28.1 Å². The maximum atomic E-state index is 6.39. The van der Waals surface area contributed by atoms with Gasteiger partial charge in [-0.2, -0.15) is 0 Å². The number of rotatable bonds is 3. The van der Waals surface area contributed by atoms with Crippen molar-refractivity contribution < 1.29 is 0 Å². The van der Waals surface area contributed by atoms with E-state index < -0.39 is 0 Å². The summed E-state index contributed by atoms with van der Waals surface area (Å²) >= 11 is 8.41. The number of benzene rings is 1. The summed E-state index contributed by atoms with van der Waals surface area (Å²) in [5, 5.41) is 4.72. The van der Waals surface area contributed by atoms with Crippen molar-refractivity contribution >= 4 is 23.4 Å². The highest BCUT2D eigenvalue weighted by Crippen LogP contribution is 2.36. The smallest absolute Gasteiger partial charge is 0.0489 e. The zero-order valence-corrected chi connectivity index (χ0v) is 12.1. The second kappa shape index (κ2) is 5.85. The van der Waals surface area contributed by atoms with Crippen LogP contribution in [-0.4, -0.2) is 23.2 Å². The molecule has 1 heterocycles. The van der Waals surface area contributed by atoms with Gasteiger partial charge in [-0.15, -0.1) is 23.4 Å². The van der Waals surface area contributed by atoms with Crippen molar-refractivity contribution in [2.75, 3.05) is 6.54 Å². The fraction of sp³-hybridized carbons (Fsp3) is 0.600. The van der Waals surface area contributed by atoms with E-state index >= 15 is 0 Å². The lowest BCUT2D eigenvalue weighted by Gasteiger charge is -2.28. The molecule has 3 unspecified atom stereocenters. The van der Waals surface area contributed by atoms with E-state index in [-0.39, 0.29) is 0 Å². The Kier molecular flexibility index (Phi) is 4.17. The zero-order valence-electron chi connectivity index (χ0n) is 10.6. The van der Waals surface area contributed by atoms with Crippen LogP contribution < -0.4 is 5.32 Å². The van der Waals surface area contributed by atoms with Gasteiger partial charge in [0.1, 0.15) is 0 Å². The number of hydrogen-bond acceptors (Lipinski definition) is 2. The van der Waals surface area contributed by atoms with Crippen LogP contribution in [0.4, 0.5) is 0 Å². The van der Waals surface area contributed by atoms with Gasteiger partial charge in [-0.25, -0.2) is 0 Å². The Balaban J connectivity index is 1.51. The molecule has 0 aromatic heterocycles. The molecule has 1 aliphatic carbocycles. The Bertz CT molecular complexity index is 384. The molecule has 1 aromatic rings. The van der Waals surface area contributed by atoms with Gasteiger partial charge in [0.15, 0.2) is 0 Å². The second-order valence-electron chi connectivity index (χ2n) is 5.37. The number of nitrogens with one attached hydrogen (secondary N) is 1. The highest BCUT2D eigenvalue weighted by atomic mass is 35.5. The minimum absolute atomic E-state index is 0.340. The van der Waals surface area contributed by atoms with Crippen LogP contribution in [0.2, 0.25) is 0 Å². The SMILES string of the molecule is ClC1CCCCC1NCC1Cc2ccccc2S1. The topological polar surface area (TPSA) is 12.0 Å². The molecule has 1 N–H and O–H groups in total. The molecule has 1 aromatic carbocycles. The van der Waals surface area contributed by atoms with Gasteiger partial charge in [-0.3, -0.25) is 0 Å². The van der Waals surface area contributed by atoms with Crippen molar-refractivity contribution in [3.63, 3.8) is 0 Å². The van der Waals surface area contributed by atoms with E-state index in [0.717, 1.165) is 6.54 Å². The second-order valence-corrected chi connectivity index (χ2v) is 7.27. The van der Waals surface area contributed by atoms with Crippen molar-refractivity contribution in [3.05, 3.63) is 29.8 Å². The Hall–Kier alpha value is -0.180. The molecule has 0 bridgehead atoms. The lowest BCUT2D eigenvalue weighted by Crippen LogP contribution is -2.42. The van der Waals surface area contributed by atoms with Crippen LogP contribution in [0.25, 0.3) is 0 Å². The van der Waals surface area contributed by atoms with Crippen LogP contribution in [0, 0.1) is 0 Å². The quantitative estimate of drug-likeness (QED) is 0.845. The summed E-state index contributed by atoms with van der Waals surface area (Å²) in [6.07, 6.45) is 6.26. The summed E-state index contributed by atoms with van der Waals surface area (Å²) in [6, 6.07) is 9.31. The number of halogens is 1. The molecule has 2 aliphatic rings. The monoisotopic (exact) mass is 281 g/mol.